The molecule has 124 valence electrons. The van der Waals surface area contributed by atoms with E-state index in [0.717, 1.165) is 0 Å². The SMILES string of the molecule is CN(C)C(=O)NC(=O)C(=N)c1ccccc1Oc1cc(=S)nc[nH]1. The van der Waals surface area contributed by atoms with E-state index in [-0.39, 0.29) is 11.3 Å². The largest absolute Gasteiger partial charge is 0.440 e. The second-order valence-corrected chi connectivity index (χ2v) is 5.29. The molecule has 0 radical (unpaired) electrons. The molecule has 1 aromatic heterocycles. The Kier molecular flexibility index (Phi) is 5.38. The van der Waals surface area contributed by atoms with Gasteiger partial charge in [-0.25, -0.2) is 9.78 Å². The zero-order valence-corrected chi connectivity index (χ0v) is 13.8. The van der Waals surface area contributed by atoms with E-state index in [0.29, 0.717) is 10.5 Å². The maximum atomic E-state index is 12.0. The highest BCUT2D eigenvalue weighted by molar-refractivity contribution is 7.71. The number of nitrogens with zero attached hydrogens (tertiary/aromatic N) is 2. The van der Waals surface area contributed by atoms with E-state index >= 15 is 0 Å². The van der Waals surface area contributed by atoms with Crippen LogP contribution in [0, 0.1) is 10.0 Å². The van der Waals surface area contributed by atoms with Gasteiger partial charge in [0.1, 0.15) is 16.1 Å². The Morgan fingerprint density at radius 1 is 1.33 bits per heavy atom. The maximum absolute atomic E-state index is 12.0. The molecule has 0 atom stereocenters. The number of aromatic amines is 1. The van der Waals surface area contributed by atoms with Crippen molar-refractivity contribution in [2.24, 2.45) is 0 Å². The van der Waals surface area contributed by atoms with Crippen LogP contribution < -0.4 is 10.1 Å². The zero-order valence-electron chi connectivity index (χ0n) is 13.0. The van der Waals surface area contributed by atoms with E-state index in [9.17, 15) is 9.59 Å². The molecule has 1 heterocycles. The Bertz CT molecular complexity index is 847. The molecule has 0 saturated carbocycles. The normalized spacial score (nSPS) is 9.92. The topological polar surface area (TPSA) is 111 Å². The van der Waals surface area contributed by atoms with Crippen LogP contribution in [0.5, 0.6) is 11.6 Å². The number of para-hydroxylation sites is 1. The van der Waals surface area contributed by atoms with Crippen LogP contribution in [0.25, 0.3) is 0 Å². The smallest absolute Gasteiger partial charge is 0.323 e. The Labute approximate surface area is 143 Å². The third kappa shape index (κ3) is 4.23. The number of imide groups is 1. The van der Waals surface area contributed by atoms with Gasteiger partial charge in [-0.05, 0) is 12.1 Å². The molecule has 0 aliphatic carbocycles. The number of benzene rings is 1. The minimum Gasteiger partial charge on any atom is -0.440 e. The Morgan fingerprint density at radius 2 is 2.04 bits per heavy atom. The molecular weight excluding hydrogens is 330 g/mol. The molecule has 2 rings (SSSR count). The van der Waals surface area contributed by atoms with Gasteiger partial charge in [-0.3, -0.25) is 15.5 Å². The predicted molar refractivity (Wildman–Crippen MR) is 90.0 cm³/mol. The molecule has 0 unspecified atom stereocenters. The highest BCUT2D eigenvalue weighted by Gasteiger charge is 2.19. The van der Waals surface area contributed by atoms with Crippen molar-refractivity contribution in [3.05, 3.63) is 46.9 Å². The number of aromatic nitrogens is 2. The van der Waals surface area contributed by atoms with Gasteiger partial charge in [0.05, 0.1) is 6.33 Å². The van der Waals surface area contributed by atoms with Crippen LogP contribution in [0.15, 0.2) is 36.7 Å². The second-order valence-electron chi connectivity index (χ2n) is 4.88. The number of carbonyl (C=O) groups is 2. The molecule has 9 heteroatoms. The van der Waals surface area contributed by atoms with E-state index < -0.39 is 17.6 Å². The summed E-state index contributed by atoms with van der Waals surface area (Å²) in [6, 6.07) is 7.40. The van der Waals surface area contributed by atoms with Gasteiger partial charge in [-0.1, -0.05) is 24.4 Å². The minimum absolute atomic E-state index is 0.234. The number of ether oxygens (including phenoxy) is 1. The van der Waals surface area contributed by atoms with E-state index in [1.807, 2.05) is 0 Å². The first-order valence-electron chi connectivity index (χ1n) is 6.81. The summed E-state index contributed by atoms with van der Waals surface area (Å²) in [6.45, 7) is 0. The third-order valence-corrected chi connectivity index (χ3v) is 3.11. The van der Waals surface area contributed by atoms with E-state index in [1.54, 1.807) is 24.3 Å². The fourth-order valence-electron chi connectivity index (χ4n) is 1.68. The van der Waals surface area contributed by atoms with Gasteiger partial charge in [-0.2, -0.15) is 0 Å². The van der Waals surface area contributed by atoms with Crippen LogP contribution >= 0.6 is 12.2 Å². The van der Waals surface area contributed by atoms with Crippen LogP contribution in [0.2, 0.25) is 0 Å². The average Bonchev–Trinajstić information content (AvgIpc) is 2.54. The summed E-state index contributed by atoms with van der Waals surface area (Å²) in [5, 5.41) is 10.1. The summed E-state index contributed by atoms with van der Waals surface area (Å²) in [6.07, 6.45) is 1.38. The molecule has 2 aromatic rings. The molecule has 24 heavy (non-hydrogen) atoms. The number of hydrogen-bond acceptors (Lipinski definition) is 6. The van der Waals surface area contributed by atoms with Crippen molar-refractivity contribution in [3.63, 3.8) is 0 Å². The molecule has 0 fully saturated rings. The standard InChI is InChI=1S/C15H15N5O3S/c1-20(2)15(22)19-14(21)13(16)9-5-3-4-6-10(9)23-11-7-12(24)18-8-17-11/h3-8,16H,1-2H3,(H,17,18,24)(H,19,21,22). The number of amides is 3. The van der Waals surface area contributed by atoms with E-state index in [1.165, 1.54) is 31.4 Å². The van der Waals surface area contributed by atoms with Crippen molar-refractivity contribution in [3.8, 4) is 11.6 Å². The first kappa shape index (κ1) is 17.3. The van der Waals surface area contributed by atoms with Crippen LogP contribution in [0.3, 0.4) is 0 Å². The molecule has 8 nitrogen and oxygen atoms in total. The second kappa shape index (κ2) is 7.47. The molecule has 3 N–H and O–H groups in total. The van der Waals surface area contributed by atoms with Crippen LogP contribution in [0.1, 0.15) is 5.56 Å². The maximum Gasteiger partial charge on any atom is 0.323 e. The fraction of sp³-hybridized carbons (Fsp3) is 0.133. The number of carbonyl (C=O) groups excluding carboxylic acids is 2. The quantitative estimate of drug-likeness (QED) is 0.580. The summed E-state index contributed by atoms with van der Waals surface area (Å²) in [4.78, 5) is 31.4. The van der Waals surface area contributed by atoms with Crippen LogP contribution in [0.4, 0.5) is 4.79 Å². The van der Waals surface area contributed by atoms with Crippen molar-refractivity contribution >= 4 is 29.9 Å². The number of urea groups is 1. The number of hydrogen-bond donors (Lipinski definition) is 3. The number of nitrogens with one attached hydrogen (secondary N) is 3. The summed E-state index contributed by atoms with van der Waals surface area (Å²) in [5.41, 5.74) is -0.161. The van der Waals surface area contributed by atoms with Crippen molar-refractivity contribution in [1.82, 2.24) is 20.2 Å². The summed E-state index contributed by atoms with van der Waals surface area (Å²) >= 11 is 4.95. The third-order valence-electron chi connectivity index (χ3n) is 2.88. The molecule has 3 amide bonds. The molecule has 0 aliphatic rings. The predicted octanol–water partition coefficient (Wildman–Crippen LogP) is 2.10. The first-order valence-corrected chi connectivity index (χ1v) is 7.22. The number of H-pyrrole nitrogens is 1. The van der Waals surface area contributed by atoms with Gasteiger partial charge in [0.2, 0.25) is 5.88 Å². The van der Waals surface area contributed by atoms with Gasteiger partial charge in [-0.15, -0.1) is 0 Å². The number of rotatable bonds is 4. The summed E-state index contributed by atoms with van der Waals surface area (Å²) in [5.74, 6) is -0.237. The van der Waals surface area contributed by atoms with E-state index in [2.05, 4.69) is 15.3 Å². The fourth-order valence-corrected chi connectivity index (χ4v) is 1.84. The van der Waals surface area contributed by atoms with Gasteiger partial charge >= 0.3 is 6.03 Å². The molecular formula is C15H15N5O3S. The summed E-state index contributed by atoms with van der Waals surface area (Å²) < 4.78 is 5.97. The summed E-state index contributed by atoms with van der Waals surface area (Å²) in [7, 11) is 2.99. The van der Waals surface area contributed by atoms with E-state index in [4.69, 9.17) is 22.4 Å². The molecule has 0 bridgehead atoms. The Balaban J connectivity index is 2.25. The molecule has 0 spiro atoms. The van der Waals surface area contributed by atoms with Crippen molar-refractivity contribution in [1.29, 1.82) is 5.41 Å². The lowest BCUT2D eigenvalue weighted by atomic mass is 10.1. The van der Waals surface area contributed by atoms with Gasteiger partial charge in [0.25, 0.3) is 5.91 Å². The first-order chi connectivity index (χ1) is 11.4. The monoisotopic (exact) mass is 345 g/mol. The molecule has 0 aliphatic heterocycles. The average molecular weight is 345 g/mol. The van der Waals surface area contributed by atoms with Crippen LogP contribution in [-0.2, 0) is 4.79 Å². The zero-order chi connectivity index (χ0) is 17.7. The van der Waals surface area contributed by atoms with Crippen molar-refractivity contribution in [2.45, 2.75) is 0 Å². The Hall–Kier alpha value is -3.07. The van der Waals surface area contributed by atoms with Gasteiger partial charge in [0, 0.05) is 25.7 Å². The highest BCUT2D eigenvalue weighted by atomic mass is 32.1. The van der Waals surface area contributed by atoms with Crippen molar-refractivity contribution < 1.29 is 14.3 Å². The van der Waals surface area contributed by atoms with Gasteiger partial charge in [0.15, 0.2) is 0 Å². The molecule has 1 aromatic carbocycles. The lowest BCUT2D eigenvalue weighted by molar-refractivity contribution is -0.113. The highest BCUT2D eigenvalue weighted by Crippen LogP contribution is 2.24. The lowest BCUT2D eigenvalue weighted by Gasteiger charge is -2.13. The van der Waals surface area contributed by atoms with Crippen LogP contribution in [-0.4, -0.2) is 46.6 Å². The Morgan fingerprint density at radius 3 is 2.71 bits per heavy atom. The minimum atomic E-state index is -0.826. The van der Waals surface area contributed by atoms with Crippen molar-refractivity contribution in [2.75, 3.05) is 14.1 Å². The molecule has 0 saturated heterocycles. The lowest BCUT2D eigenvalue weighted by Crippen LogP contribution is -2.42. The van der Waals surface area contributed by atoms with Gasteiger partial charge < -0.3 is 14.6 Å².